The van der Waals surface area contributed by atoms with Crippen molar-refractivity contribution in [3.63, 3.8) is 0 Å². The van der Waals surface area contributed by atoms with Crippen LogP contribution in [-0.4, -0.2) is 31.1 Å². The van der Waals surface area contributed by atoms with E-state index in [1.54, 1.807) is 0 Å². The van der Waals surface area contributed by atoms with Gasteiger partial charge in [-0.15, -0.1) is 0 Å². The van der Waals surface area contributed by atoms with E-state index in [-0.39, 0.29) is 11.9 Å². The summed E-state index contributed by atoms with van der Waals surface area (Å²) in [6, 6.07) is 8.58. The van der Waals surface area contributed by atoms with Gasteiger partial charge in [-0.3, -0.25) is 4.79 Å². The van der Waals surface area contributed by atoms with E-state index in [4.69, 9.17) is 5.73 Å². The average molecular weight is 231 g/mol. The third kappa shape index (κ3) is 1.73. The molecule has 0 spiro atoms. The van der Waals surface area contributed by atoms with Crippen molar-refractivity contribution < 1.29 is 4.79 Å². The van der Waals surface area contributed by atoms with E-state index in [2.05, 4.69) is 17.4 Å². The van der Waals surface area contributed by atoms with E-state index in [1.165, 1.54) is 5.56 Å². The van der Waals surface area contributed by atoms with Crippen molar-refractivity contribution in [3.8, 4) is 0 Å². The van der Waals surface area contributed by atoms with Gasteiger partial charge in [0.25, 0.3) is 0 Å². The van der Waals surface area contributed by atoms with Gasteiger partial charge in [0.05, 0.1) is 12.1 Å². The molecule has 4 nitrogen and oxygen atoms in total. The van der Waals surface area contributed by atoms with Gasteiger partial charge in [0.2, 0.25) is 5.91 Å². The lowest BCUT2D eigenvalue weighted by Gasteiger charge is -2.27. The van der Waals surface area contributed by atoms with E-state index in [9.17, 15) is 4.79 Å². The Morgan fingerprint density at radius 1 is 1.35 bits per heavy atom. The van der Waals surface area contributed by atoms with Gasteiger partial charge in [0.15, 0.2) is 0 Å². The first-order valence-electron chi connectivity index (χ1n) is 6.15. The molecule has 4 heteroatoms. The van der Waals surface area contributed by atoms with Gasteiger partial charge < -0.3 is 16.0 Å². The van der Waals surface area contributed by atoms with E-state index < -0.39 is 0 Å². The smallest absolute Gasteiger partial charge is 0.244 e. The quantitative estimate of drug-likeness (QED) is 0.785. The standard InChI is InChI=1S/C13H17N3O/c14-6-5-9-1-3-10(4-2-9)16-11-7-12(13(16)17)15-8-11/h1-4,11-12,15H,5-8,14H2. The Hall–Kier alpha value is -1.39. The molecule has 0 aromatic heterocycles. The Morgan fingerprint density at radius 3 is 2.71 bits per heavy atom. The Kier molecular flexibility index (Phi) is 2.61. The Labute approximate surface area is 101 Å². The zero-order valence-corrected chi connectivity index (χ0v) is 9.73. The summed E-state index contributed by atoms with van der Waals surface area (Å²) in [6.07, 6.45) is 1.84. The molecular weight excluding hydrogens is 214 g/mol. The molecule has 0 radical (unpaired) electrons. The van der Waals surface area contributed by atoms with Crippen molar-refractivity contribution in [3.05, 3.63) is 29.8 Å². The van der Waals surface area contributed by atoms with E-state index in [1.807, 2.05) is 17.0 Å². The fourth-order valence-corrected chi connectivity index (χ4v) is 2.78. The third-order valence-corrected chi connectivity index (χ3v) is 3.66. The maximum absolute atomic E-state index is 12.0. The number of piperazine rings is 1. The summed E-state index contributed by atoms with van der Waals surface area (Å²) < 4.78 is 0. The van der Waals surface area contributed by atoms with E-state index in [0.29, 0.717) is 12.6 Å². The van der Waals surface area contributed by atoms with Crippen LogP contribution in [0.15, 0.2) is 24.3 Å². The lowest BCUT2D eigenvalue weighted by molar-refractivity contribution is -0.119. The SMILES string of the molecule is NCCc1ccc(N2C(=O)C3CC2CN3)cc1. The molecule has 1 amide bonds. The lowest BCUT2D eigenvalue weighted by Crippen LogP contribution is -2.48. The van der Waals surface area contributed by atoms with Crippen LogP contribution in [0, 0.1) is 0 Å². The number of hydrogen-bond donors (Lipinski definition) is 2. The van der Waals surface area contributed by atoms with Gasteiger partial charge in [-0.1, -0.05) is 12.1 Å². The van der Waals surface area contributed by atoms with Gasteiger partial charge >= 0.3 is 0 Å². The fourth-order valence-electron chi connectivity index (χ4n) is 2.78. The van der Waals surface area contributed by atoms with Crippen molar-refractivity contribution in [2.45, 2.75) is 24.9 Å². The molecule has 3 rings (SSSR count). The predicted molar refractivity (Wildman–Crippen MR) is 66.9 cm³/mol. The monoisotopic (exact) mass is 231 g/mol. The van der Waals surface area contributed by atoms with Crippen molar-refractivity contribution in [1.82, 2.24) is 5.32 Å². The lowest BCUT2D eigenvalue weighted by atomic mass is 10.1. The number of rotatable bonds is 3. The minimum Gasteiger partial charge on any atom is -0.330 e. The highest BCUT2D eigenvalue weighted by atomic mass is 16.2. The van der Waals surface area contributed by atoms with E-state index >= 15 is 0 Å². The minimum atomic E-state index is 0.0451. The van der Waals surface area contributed by atoms with Crippen LogP contribution in [0.1, 0.15) is 12.0 Å². The Morgan fingerprint density at radius 2 is 2.12 bits per heavy atom. The van der Waals surface area contributed by atoms with Crippen LogP contribution in [0.25, 0.3) is 0 Å². The van der Waals surface area contributed by atoms with Crippen LogP contribution in [-0.2, 0) is 11.2 Å². The van der Waals surface area contributed by atoms with Crippen molar-refractivity contribution in [2.24, 2.45) is 5.73 Å². The highest BCUT2D eigenvalue weighted by molar-refractivity contribution is 6.01. The zero-order valence-electron chi connectivity index (χ0n) is 9.73. The number of hydrogen-bond acceptors (Lipinski definition) is 3. The van der Waals surface area contributed by atoms with E-state index in [0.717, 1.165) is 25.1 Å². The molecule has 3 N–H and O–H groups in total. The molecule has 2 fully saturated rings. The average Bonchev–Trinajstić information content (AvgIpc) is 2.91. The highest BCUT2D eigenvalue weighted by Gasteiger charge is 2.45. The first-order chi connectivity index (χ1) is 8.29. The molecule has 2 aliphatic rings. The first-order valence-corrected chi connectivity index (χ1v) is 6.15. The summed E-state index contributed by atoms with van der Waals surface area (Å²) in [7, 11) is 0. The van der Waals surface area contributed by atoms with Crippen molar-refractivity contribution >= 4 is 11.6 Å². The number of carbonyl (C=O) groups is 1. The summed E-state index contributed by atoms with van der Waals surface area (Å²) in [5.41, 5.74) is 7.77. The summed E-state index contributed by atoms with van der Waals surface area (Å²) in [5, 5.41) is 3.23. The summed E-state index contributed by atoms with van der Waals surface area (Å²) in [4.78, 5) is 14.0. The number of amides is 1. The van der Waals surface area contributed by atoms with Crippen LogP contribution in [0.4, 0.5) is 5.69 Å². The van der Waals surface area contributed by atoms with Gasteiger partial charge in [0, 0.05) is 12.2 Å². The maximum Gasteiger partial charge on any atom is 0.244 e. The second-order valence-electron chi connectivity index (χ2n) is 4.76. The highest BCUT2D eigenvalue weighted by Crippen LogP contribution is 2.30. The molecule has 17 heavy (non-hydrogen) atoms. The summed E-state index contributed by atoms with van der Waals surface area (Å²) in [5.74, 6) is 0.216. The maximum atomic E-state index is 12.0. The molecule has 2 bridgehead atoms. The molecule has 2 aliphatic heterocycles. The van der Waals surface area contributed by atoms with Gasteiger partial charge in [-0.25, -0.2) is 0 Å². The Bertz CT molecular complexity index is 429. The molecule has 0 aliphatic carbocycles. The number of fused-ring (bicyclic) bond motifs is 2. The molecule has 2 heterocycles. The number of anilines is 1. The van der Waals surface area contributed by atoms with Gasteiger partial charge in [-0.05, 0) is 37.1 Å². The van der Waals surface area contributed by atoms with Crippen molar-refractivity contribution in [2.75, 3.05) is 18.0 Å². The molecule has 2 atom stereocenters. The third-order valence-electron chi connectivity index (χ3n) is 3.66. The number of benzene rings is 1. The molecule has 2 unspecified atom stereocenters. The molecule has 0 saturated carbocycles. The number of nitrogens with two attached hydrogens (primary N) is 1. The van der Waals surface area contributed by atoms with Crippen LogP contribution in [0.3, 0.4) is 0 Å². The second-order valence-corrected chi connectivity index (χ2v) is 4.76. The van der Waals surface area contributed by atoms with Gasteiger partial charge in [0.1, 0.15) is 0 Å². The molecule has 90 valence electrons. The van der Waals surface area contributed by atoms with Crippen molar-refractivity contribution in [1.29, 1.82) is 0 Å². The van der Waals surface area contributed by atoms with Crippen LogP contribution in [0.5, 0.6) is 0 Å². The van der Waals surface area contributed by atoms with Gasteiger partial charge in [-0.2, -0.15) is 0 Å². The second kappa shape index (κ2) is 4.13. The number of nitrogens with zero attached hydrogens (tertiary/aromatic N) is 1. The number of carbonyl (C=O) groups excluding carboxylic acids is 1. The Balaban J connectivity index is 1.82. The molecule has 1 aromatic rings. The summed E-state index contributed by atoms with van der Waals surface area (Å²) >= 11 is 0. The molecule has 2 saturated heterocycles. The van der Waals surface area contributed by atoms with Crippen LogP contribution in [0.2, 0.25) is 0 Å². The first kappa shape index (κ1) is 10.7. The molecule has 1 aromatic carbocycles. The van der Waals surface area contributed by atoms with Crippen LogP contribution < -0.4 is 16.0 Å². The summed E-state index contributed by atoms with van der Waals surface area (Å²) in [6.45, 7) is 1.58. The minimum absolute atomic E-state index is 0.0451. The topological polar surface area (TPSA) is 58.4 Å². The number of nitrogens with one attached hydrogen (secondary N) is 1. The normalized spacial score (nSPS) is 26.9. The fraction of sp³-hybridized carbons (Fsp3) is 0.462. The largest absolute Gasteiger partial charge is 0.330 e. The molecular formula is C13H17N3O. The van der Waals surface area contributed by atoms with Crippen LogP contribution >= 0.6 is 0 Å². The zero-order chi connectivity index (χ0) is 11.8. The predicted octanol–water partition coefficient (Wildman–Crippen LogP) is 0.265.